The third kappa shape index (κ3) is 12.0. The molecule has 0 aromatic heterocycles. The van der Waals surface area contributed by atoms with E-state index in [0.717, 1.165) is 25.7 Å². The first-order valence-corrected chi connectivity index (χ1v) is 12.4. The molecule has 9 heteroatoms. The maximum atomic E-state index is 12.8. The molecule has 0 spiro atoms. The highest BCUT2D eigenvalue weighted by Gasteiger charge is 2.36. The molecule has 0 saturated carbocycles. The van der Waals surface area contributed by atoms with Crippen molar-refractivity contribution in [3.05, 3.63) is 12.2 Å². The smallest absolute Gasteiger partial charge is 0.408 e. The third-order valence-electron chi connectivity index (χ3n) is 5.16. The van der Waals surface area contributed by atoms with Crippen LogP contribution >= 0.6 is 0 Å². The number of alkyl carbamates (subject to hydrolysis) is 1. The van der Waals surface area contributed by atoms with Gasteiger partial charge in [0.25, 0.3) is 0 Å². The monoisotopic (exact) mass is 483 g/mol. The van der Waals surface area contributed by atoms with Crippen molar-refractivity contribution in [1.29, 1.82) is 0 Å². The van der Waals surface area contributed by atoms with Crippen molar-refractivity contribution in [2.45, 2.75) is 105 Å². The standard InChI is InChI=1S/C23H39N3O6.C2H6/c1-6-7-8-9-10-12-16(2)19(21(29)30)25-20(28)17-13-11-14-26(17)18(27)15-24-22(31)32-23(3,4)5;1-2/h10,12,16-17,19H,6-9,11,13-15H2,1-5H3,(H,24,31)(H,25,28)(H,29,30);1-2H3/b12-10-;. The fraction of sp³-hybridized carbons (Fsp3) is 0.760. The van der Waals surface area contributed by atoms with E-state index in [0.29, 0.717) is 19.4 Å². The molecule has 0 radical (unpaired) electrons. The van der Waals surface area contributed by atoms with Gasteiger partial charge in [0, 0.05) is 12.5 Å². The van der Waals surface area contributed by atoms with Crippen LogP contribution in [0.2, 0.25) is 0 Å². The largest absolute Gasteiger partial charge is 0.480 e. The van der Waals surface area contributed by atoms with Crippen LogP contribution in [0.3, 0.4) is 0 Å². The van der Waals surface area contributed by atoms with E-state index in [2.05, 4.69) is 17.6 Å². The number of hydrogen-bond donors (Lipinski definition) is 3. The van der Waals surface area contributed by atoms with Gasteiger partial charge in [-0.3, -0.25) is 9.59 Å². The Labute approximate surface area is 204 Å². The lowest BCUT2D eigenvalue weighted by molar-refractivity contribution is -0.144. The Balaban J connectivity index is 0.00000529. The minimum atomic E-state index is -1.12. The van der Waals surface area contributed by atoms with Gasteiger partial charge in [-0.25, -0.2) is 9.59 Å². The molecule has 0 aliphatic carbocycles. The lowest BCUT2D eigenvalue weighted by atomic mass is 10.00. The lowest BCUT2D eigenvalue weighted by Gasteiger charge is -2.27. The second-order valence-corrected chi connectivity index (χ2v) is 9.21. The number of amides is 3. The highest BCUT2D eigenvalue weighted by molar-refractivity contribution is 5.92. The molecule has 1 aliphatic heterocycles. The highest BCUT2D eigenvalue weighted by Crippen LogP contribution is 2.19. The van der Waals surface area contributed by atoms with Gasteiger partial charge in [-0.15, -0.1) is 0 Å². The number of carbonyl (C=O) groups excluding carboxylic acids is 3. The summed E-state index contributed by atoms with van der Waals surface area (Å²) in [6.07, 6.45) is 8.27. The van der Waals surface area contributed by atoms with Gasteiger partial charge in [-0.1, -0.05) is 52.7 Å². The number of nitrogens with zero attached hydrogens (tertiary/aromatic N) is 1. The molecule has 3 unspecified atom stereocenters. The fourth-order valence-corrected chi connectivity index (χ4v) is 3.50. The van der Waals surface area contributed by atoms with Crippen LogP contribution in [0.5, 0.6) is 0 Å². The predicted molar refractivity (Wildman–Crippen MR) is 132 cm³/mol. The molecule has 1 heterocycles. The van der Waals surface area contributed by atoms with Crippen molar-refractivity contribution in [1.82, 2.24) is 15.5 Å². The Morgan fingerprint density at radius 1 is 1.18 bits per heavy atom. The topological polar surface area (TPSA) is 125 Å². The lowest BCUT2D eigenvalue weighted by Crippen LogP contribution is -2.53. The quantitative estimate of drug-likeness (QED) is 0.303. The summed E-state index contributed by atoms with van der Waals surface area (Å²) in [7, 11) is 0. The highest BCUT2D eigenvalue weighted by atomic mass is 16.6. The Kier molecular flexibility index (Phi) is 14.9. The number of carboxylic acids is 1. The van der Waals surface area contributed by atoms with Crippen LogP contribution in [-0.2, 0) is 19.1 Å². The maximum absolute atomic E-state index is 12.8. The third-order valence-corrected chi connectivity index (χ3v) is 5.16. The van der Waals surface area contributed by atoms with Gasteiger partial charge < -0.3 is 25.4 Å². The SMILES string of the molecule is CC.CCCCC/C=C\C(C)C(NC(=O)C1CCCN1C(=O)CNC(=O)OC(C)(C)C)C(=O)O. The van der Waals surface area contributed by atoms with Crippen LogP contribution in [0.1, 0.15) is 87.0 Å². The number of nitrogens with one attached hydrogen (secondary N) is 2. The molecule has 1 rings (SSSR count). The van der Waals surface area contributed by atoms with Crippen molar-refractivity contribution >= 4 is 23.9 Å². The fourth-order valence-electron chi connectivity index (χ4n) is 3.50. The summed E-state index contributed by atoms with van der Waals surface area (Å²) in [6.45, 7) is 13.1. The summed E-state index contributed by atoms with van der Waals surface area (Å²) in [5, 5.41) is 14.6. The zero-order chi connectivity index (χ0) is 26.3. The second kappa shape index (κ2) is 16.1. The van der Waals surface area contributed by atoms with E-state index in [1.54, 1.807) is 27.7 Å². The maximum Gasteiger partial charge on any atom is 0.408 e. The molecule has 9 nitrogen and oxygen atoms in total. The number of carbonyl (C=O) groups is 4. The molecule has 3 N–H and O–H groups in total. The number of rotatable bonds is 11. The summed E-state index contributed by atoms with van der Waals surface area (Å²) in [5.74, 6) is -2.42. The van der Waals surface area contributed by atoms with Crippen LogP contribution < -0.4 is 10.6 Å². The minimum Gasteiger partial charge on any atom is -0.480 e. The van der Waals surface area contributed by atoms with Crippen molar-refractivity contribution in [2.75, 3.05) is 13.1 Å². The number of ether oxygens (including phenoxy) is 1. The first-order chi connectivity index (χ1) is 16.0. The number of aliphatic carboxylic acids is 1. The van der Waals surface area contributed by atoms with Gasteiger partial charge in [0.05, 0.1) is 0 Å². The summed E-state index contributed by atoms with van der Waals surface area (Å²) in [4.78, 5) is 50.3. The zero-order valence-electron chi connectivity index (χ0n) is 22.0. The number of carboxylic acid groups (broad SMARTS) is 1. The molecule has 1 saturated heterocycles. The van der Waals surface area contributed by atoms with Gasteiger partial charge in [0.1, 0.15) is 24.2 Å². The minimum absolute atomic E-state index is 0.294. The Morgan fingerprint density at radius 2 is 1.82 bits per heavy atom. The van der Waals surface area contributed by atoms with E-state index in [1.807, 2.05) is 26.0 Å². The van der Waals surface area contributed by atoms with E-state index >= 15 is 0 Å². The van der Waals surface area contributed by atoms with Crippen molar-refractivity contribution in [2.24, 2.45) is 5.92 Å². The molecular weight excluding hydrogens is 438 g/mol. The first-order valence-electron chi connectivity index (χ1n) is 12.4. The molecule has 196 valence electrons. The Morgan fingerprint density at radius 3 is 2.38 bits per heavy atom. The summed E-state index contributed by atoms with van der Waals surface area (Å²) in [6, 6.07) is -1.84. The van der Waals surface area contributed by atoms with Crippen LogP contribution in [0.15, 0.2) is 12.2 Å². The Hall–Kier alpha value is -2.58. The molecule has 34 heavy (non-hydrogen) atoms. The number of unbranched alkanes of at least 4 members (excludes halogenated alkanes) is 3. The summed E-state index contributed by atoms with van der Waals surface area (Å²) < 4.78 is 5.11. The summed E-state index contributed by atoms with van der Waals surface area (Å²) in [5.41, 5.74) is -0.684. The van der Waals surface area contributed by atoms with Crippen molar-refractivity contribution < 1.29 is 29.0 Å². The zero-order valence-corrected chi connectivity index (χ0v) is 22.0. The molecule has 0 aromatic rings. The van der Waals surface area contributed by atoms with Gasteiger partial charge in [-0.05, 0) is 46.5 Å². The molecule has 1 fully saturated rings. The average molecular weight is 484 g/mol. The number of allylic oxidation sites excluding steroid dienone is 1. The molecule has 0 aromatic carbocycles. The Bertz CT molecular complexity index is 687. The van der Waals surface area contributed by atoms with Crippen LogP contribution in [0.25, 0.3) is 0 Å². The van der Waals surface area contributed by atoms with Crippen molar-refractivity contribution in [3.8, 4) is 0 Å². The van der Waals surface area contributed by atoms with Crippen molar-refractivity contribution in [3.63, 3.8) is 0 Å². The summed E-state index contributed by atoms with van der Waals surface area (Å²) >= 11 is 0. The molecule has 3 amide bonds. The van der Waals surface area contributed by atoms with Gasteiger partial charge in [-0.2, -0.15) is 0 Å². The number of likely N-dealkylation sites (tertiary alicyclic amines) is 1. The molecular formula is C25H45N3O6. The molecule has 1 aliphatic rings. The number of hydrogen-bond acceptors (Lipinski definition) is 5. The van der Waals surface area contributed by atoms with Gasteiger partial charge in [0.15, 0.2) is 0 Å². The van der Waals surface area contributed by atoms with Crippen LogP contribution in [-0.4, -0.2) is 64.7 Å². The second-order valence-electron chi connectivity index (χ2n) is 9.21. The average Bonchev–Trinajstić information content (AvgIpc) is 3.25. The van der Waals surface area contributed by atoms with E-state index in [4.69, 9.17) is 4.74 Å². The predicted octanol–water partition coefficient (Wildman–Crippen LogP) is 3.87. The van der Waals surface area contributed by atoms with E-state index < -0.39 is 47.5 Å². The normalized spacial score (nSPS) is 17.4. The molecule has 0 bridgehead atoms. The van der Waals surface area contributed by atoms with Crippen LogP contribution in [0, 0.1) is 5.92 Å². The molecule has 3 atom stereocenters. The van der Waals surface area contributed by atoms with E-state index in [9.17, 15) is 24.3 Å². The van der Waals surface area contributed by atoms with Crippen LogP contribution in [0.4, 0.5) is 4.79 Å². The van der Waals surface area contributed by atoms with E-state index in [1.165, 1.54) is 4.90 Å². The van der Waals surface area contributed by atoms with Gasteiger partial charge in [0.2, 0.25) is 11.8 Å². The first kappa shape index (κ1) is 31.4. The van der Waals surface area contributed by atoms with E-state index in [-0.39, 0.29) is 6.54 Å². The van der Waals surface area contributed by atoms with Gasteiger partial charge >= 0.3 is 12.1 Å².